The van der Waals surface area contributed by atoms with Crippen molar-refractivity contribution in [1.82, 2.24) is 0 Å². The maximum absolute atomic E-state index is 2.70. The van der Waals surface area contributed by atoms with Gasteiger partial charge in [-0.2, -0.15) is 0 Å². The zero-order valence-electron chi connectivity index (χ0n) is 34.3. The number of hydrogen-bond donors (Lipinski definition) is 0. The molecule has 61 heavy (non-hydrogen) atoms. The van der Waals surface area contributed by atoms with Crippen LogP contribution in [0.5, 0.6) is 0 Å². The zero-order chi connectivity index (χ0) is 39.8. The monoisotopic (exact) mass is 776 g/mol. The molecule has 0 N–H and O–H groups in total. The molecule has 1 spiro atoms. The molecule has 0 saturated carbocycles. The van der Waals surface area contributed by atoms with Gasteiger partial charge in [-0.15, -0.1) is 0 Å². The van der Waals surface area contributed by atoms with Gasteiger partial charge in [-0.1, -0.05) is 152 Å². The van der Waals surface area contributed by atoms with Crippen molar-refractivity contribution in [3.63, 3.8) is 0 Å². The van der Waals surface area contributed by atoms with E-state index in [1.807, 2.05) is 0 Å². The van der Waals surface area contributed by atoms with Gasteiger partial charge in [-0.3, -0.25) is 0 Å². The summed E-state index contributed by atoms with van der Waals surface area (Å²) >= 11 is 0. The van der Waals surface area contributed by atoms with E-state index in [0.717, 1.165) is 44.9 Å². The van der Waals surface area contributed by atoms with E-state index < -0.39 is 0 Å². The minimum absolute atomic E-state index is 0.346. The van der Waals surface area contributed by atoms with Crippen molar-refractivity contribution in [2.24, 2.45) is 0 Å². The van der Waals surface area contributed by atoms with Gasteiger partial charge in [0.15, 0.2) is 0 Å². The Morgan fingerprint density at radius 1 is 0.508 bits per heavy atom. The second kappa shape index (κ2) is 12.6. The molecule has 7 aliphatic carbocycles. The summed E-state index contributed by atoms with van der Waals surface area (Å²) in [7, 11) is 0. The first-order chi connectivity index (χ1) is 30.2. The highest BCUT2D eigenvalue weighted by atomic mass is 14.6. The van der Waals surface area contributed by atoms with Gasteiger partial charge in [0.25, 0.3) is 0 Å². The Kier molecular flexibility index (Phi) is 7.04. The smallest absolute Gasteiger partial charge is 0.0719 e. The standard InChI is InChI=1S/C61H44/c1-3-15-45-37(11-1)23-25-41-31-39-13-9-19-47(53(39)35-55(41)45)43-27-29-51-49-17-5-7-21-57(49)61(59(51)33-43)58-22-8-6-18-50(58)52-30-28-44(34-60(52)61)48-20-10-14-40-32-42-26-24-38-12-2-4-16-46(38)56(42)36-54(40)48/h1-9,11-14,16-19,21-26,31-36,45H,10,15,20,27-30H2. The molecule has 0 amide bonds. The van der Waals surface area contributed by atoms with Gasteiger partial charge in [0.05, 0.1) is 5.41 Å². The van der Waals surface area contributed by atoms with Crippen LogP contribution in [-0.2, 0) is 5.41 Å². The van der Waals surface area contributed by atoms with Crippen molar-refractivity contribution >= 4 is 66.8 Å². The highest BCUT2D eigenvalue weighted by Gasteiger charge is 2.54. The lowest BCUT2D eigenvalue weighted by Gasteiger charge is -2.35. The van der Waals surface area contributed by atoms with Crippen LogP contribution in [0.2, 0.25) is 0 Å². The van der Waals surface area contributed by atoms with Crippen molar-refractivity contribution in [3.8, 4) is 0 Å². The first kappa shape index (κ1) is 34.0. The van der Waals surface area contributed by atoms with E-state index >= 15 is 0 Å². The van der Waals surface area contributed by atoms with E-state index in [4.69, 9.17) is 0 Å². The van der Waals surface area contributed by atoms with Crippen LogP contribution in [0, 0.1) is 0 Å². The molecule has 0 fully saturated rings. The van der Waals surface area contributed by atoms with Gasteiger partial charge in [0.1, 0.15) is 0 Å². The van der Waals surface area contributed by atoms with Crippen LogP contribution in [0.4, 0.5) is 0 Å². The minimum atomic E-state index is -0.346. The molecule has 7 aromatic rings. The molecule has 0 bridgehead atoms. The second-order valence-corrected chi connectivity index (χ2v) is 18.4. The van der Waals surface area contributed by atoms with Crippen molar-refractivity contribution in [2.45, 2.75) is 56.3 Å². The summed E-state index contributed by atoms with van der Waals surface area (Å²) in [6, 6.07) is 49.4. The Hall–Kier alpha value is -6.76. The predicted octanol–water partition coefficient (Wildman–Crippen LogP) is 14.0. The van der Waals surface area contributed by atoms with E-state index in [-0.39, 0.29) is 5.41 Å². The molecule has 7 aromatic carbocycles. The molecule has 7 aliphatic rings. The molecule has 14 rings (SSSR count). The highest BCUT2D eigenvalue weighted by molar-refractivity contribution is 6.08. The summed E-state index contributed by atoms with van der Waals surface area (Å²) in [5.41, 5.74) is 21.8. The van der Waals surface area contributed by atoms with Gasteiger partial charge in [0.2, 0.25) is 0 Å². The second-order valence-electron chi connectivity index (χ2n) is 18.4. The Bertz CT molecular complexity index is 3530. The molecule has 0 aliphatic heterocycles. The highest BCUT2D eigenvalue weighted by Crippen LogP contribution is 2.65. The molecule has 0 aromatic heterocycles. The van der Waals surface area contributed by atoms with Crippen molar-refractivity contribution in [2.75, 3.05) is 0 Å². The summed E-state index contributed by atoms with van der Waals surface area (Å²) < 4.78 is 0. The Morgan fingerprint density at radius 2 is 1.21 bits per heavy atom. The Balaban J connectivity index is 0.985. The fourth-order valence-electron chi connectivity index (χ4n) is 12.9. The van der Waals surface area contributed by atoms with Gasteiger partial charge >= 0.3 is 0 Å². The molecule has 0 heteroatoms. The molecule has 0 heterocycles. The molecule has 0 saturated heterocycles. The van der Waals surface area contributed by atoms with E-state index in [2.05, 4.69) is 176 Å². The van der Waals surface area contributed by atoms with Crippen LogP contribution >= 0.6 is 0 Å². The summed E-state index contributed by atoms with van der Waals surface area (Å²) in [6.07, 6.45) is 26.9. The van der Waals surface area contributed by atoms with Gasteiger partial charge in [-0.05, 0) is 195 Å². The molecule has 0 radical (unpaired) electrons. The van der Waals surface area contributed by atoms with Crippen LogP contribution in [0.15, 0.2) is 186 Å². The summed E-state index contributed by atoms with van der Waals surface area (Å²) in [5.74, 6) is 0.433. The third kappa shape index (κ3) is 4.66. The molecular weight excluding hydrogens is 733 g/mol. The zero-order valence-corrected chi connectivity index (χ0v) is 34.3. The summed E-state index contributed by atoms with van der Waals surface area (Å²) in [4.78, 5) is 0. The fourth-order valence-corrected chi connectivity index (χ4v) is 12.9. The van der Waals surface area contributed by atoms with Crippen LogP contribution in [-0.4, -0.2) is 0 Å². The third-order valence-electron chi connectivity index (χ3n) is 15.5. The van der Waals surface area contributed by atoms with Crippen molar-refractivity contribution < 1.29 is 0 Å². The SMILES string of the molecule is C1=CCC2C(=C1)C=Cc1cc3cccc(C4=CC5=C(CC4)c4ccccc4C54C5=C(CCC(C6=c7cc8c(ccc9ccccc98)cc7=CCC6)=C5)c5ccccc54)c3cc12. The van der Waals surface area contributed by atoms with Crippen LogP contribution in [0.3, 0.4) is 0 Å². The topological polar surface area (TPSA) is 0 Å². The lowest BCUT2D eigenvalue weighted by Crippen LogP contribution is -2.31. The Morgan fingerprint density at radius 3 is 2.07 bits per heavy atom. The first-order valence-corrected chi connectivity index (χ1v) is 22.6. The lowest BCUT2D eigenvalue weighted by molar-refractivity contribution is 0.766. The molecule has 0 nitrogen and oxygen atoms in total. The van der Waals surface area contributed by atoms with Crippen molar-refractivity contribution in [1.29, 1.82) is 0 Å². The van der Waals surface area contributed by atoms with Gasteiger partial charge in [-0.25, -0.2) is 0 Å². The average Bonchev–Trinajstić information content (AvgIpc) is 3.79. The number of rotatable bonds is 2. The van der Waals surface area contributed by atoms with Crippen LogP contribution in [0.1, 0.15) is 89.8 Å². The first-order valence-electron chi connectivity index (χ1n) is 22.6. The van der Waals surface area contributed by atoms with E-state index in [9.17, 15) is 0 Å². The maximum Gasteiger partial charge on any atom is 0.0719 e. The van der Waals surface area contributed by atoms with E-state index in [1.165, 1.54) is 110 Å². The predicted molar refractivity (Wildman–Crippen MR) is 257 cm³/mol. The van der Waals surface area contributed by atoms with E-state index in [0.29, 0.717) is 5.92 Å². The molecule has 2 unspecified atom stereocenters. The number of allylic oxidation sites excluding steroid dienone is 13. The summed E-state index contributed by atoms with van der Waals surface area (Å²) in [5, 5.41) is 10.9. The summed E-state index contributed by atoms with van der Waals surface area (Å²) in [6.45, 7) is 0. The van der Waals surface area contributed by atoms with Crippen LogP contribution in [0.25, 0.3) is 66.8 Å². The van der Waals surface area contributed by atoms with E-state index in [1.54, 1.807) is 16.7 Å². The number of fused-ring (bicyclic) bond motifs is 16. The molecule has 2 atom stereocenters. The quantitative estimate of drug-likeness (QED) is 0.153. The lowest BCUT2D eigenvalue weighted by atomic mass is 9.66. The third-order valence-corrected chi connectivity index (χ3v) is 15.5. The maximum atomic E-state index is 2.70. The normalized spacial score (nSPS) is 21.7. The van der Waals surface area contributed by atoms with Crippen LogP contribution < -0.4 is 10.4 Å². The van der Waals surface area contributed by atoms with Crippen molar-refractivity contribution in [3.05, 3.63) is 236 Å². The average molecular weight is 777 g/mol. The van der Waals surface area contributed by atoms with Gasteiger partial charge in [0, 0.05) is 5.92 Å². The van der Waals surface area contributed by atoms with Gasteiger partial charge < -0.3 is 0 Å². The largest absolute Gasteiger partial charge is 0.0836 e. The number of benzene rings is 7. The fraction of sp³-hybridized carbons (Fsp3) is 0.148. The minimum Gasteiger partial charge on any atom is -0.0836 e. The number of hydrogen-bond acceptors (Lipinski definition) is 0. The molecular formula is C61H44. The molecule has 288 valence electrons. The Labute approximate surface area is 357 Å².